The molecule has 19 heavy (non-hydrogen) atoms. The highest BCUT2D eigenvalue weighted by molar-refractivity contribution is 5.42. The van der Waals surface area contributed by atoms with E-state index < -0.39 is 0 Å². The highest BCUT2D eigenvalue weighted by Gasteiger charge is 2.41. The van der Waals surface area contributed by atoms with Gasteiger partial charge in [0, 0.05) is 6.07 Å². The Kier molecular flexibility index (Phi) is 3.13. The molecule has 0 unspecified atom stereocenters. The standard InChI is InChI=1S/C16H16O3/c1-17-13-8-12(9-14(10-13)18-2)16-15(19-16)11-6-4-3-5-7-11/h3-10,15-16H,1-2H3/t15-,16-/m1/s1. The molecule has 3 nitrogen and oxygen atoms in total. The highest BCUT2D eigenvalue weighted by atomic mass is 16.6. The predicted molar refractivity (Wildman–Crippen MR) is 72.6 cm³/mol. The minimum Gasteiger partial charge on any atom is -0.497 e. The number of hydrogen-bond acceptors (Lipinski definition) is 3. The number of epoxide rings is 1. The monoisotopic (exact) mass is 256 g/mol. The third-order valence-electron chi connectivity index (χ3n) is 3.32. The molecule has 0 radical (unpaired) electrons. The van der Waals surface area contributed by atoms with Crippen molar-refractivity contribution in [2.45, 2.75) is 12.2 Å². The molecule has 2 aromatic carbocycles. The second-order valence-electron chi connectivity index (χ2n) is 4.53. The van der Waals surface area contributed by atoms with Crippen LogP contribution in [0.5, 0.6) is 11.5 Å². The molecule has 0 saturated carbocycles. The van der Waals surface area contributed by atoms with Crippen molar-refractivity contribution in [2.75, 3.05) is 14.2 Å². The van der Waals surface area contributed by atoms with Gasteiger partial charge in [-0.05, 0) is 23.3 Å². The average Bonchev–Trinajstić information content (AvgIpc) is 3.28. The zero-order chi connectivity index (χ0) is 13.2. The van der Waals surface area contributed by atoms with Crippen molar-refractivity contribution in [3.8, 4) is 11.5 Å². The minimum atomic E-state index is 0.0893. The molecule has 0 spiro atoms. The van der Waals surface area contributed by atoms with Crippen molar-refractivity contribution in [2.24, 2.45) is 0 Å². The molecule has 0 aliphatic carbocycles. The molecule has 2 atom stereocenters. The largest absolute Gasteiger partial charge is 0.497 e. The Morgan fingerprint density at radius 3 is 1.95 bits per heavy atom. The SMILES string of the molecule is COc1cc(OC)cc([C@H]2O[C@@H]2c2ccccc2)c1. The zero-order valence-corrected chi connectivity index (χ0v) is 11.0. The topological polar surface area (TPSA) is 31.0 Å². The highest BCUT2D eigenvalue weighted by Crippen LogP contribution is 2.51. The summed E-state index contributed by atoms with van der Waals surface area (Å²) in [6, 6.07) is 16.1. The summed E-state index contributed by atoms with van der Waals surface area (Å²) in [5, 5.41) is 0. The lowest BCUT2D eigenvalue weighted by molar-refractivity contribution is 0.372. The lowest BCUT2D eigenvalue weighted by Gasteiger charge is -2.06. The van der Waals surface area contributed by atoms with Gasteiger partial charge in [0.2, 0.25) is 0 Å². The molecule has 1 heterocycles. The smallest absolute Gasteiger partial charge is 0.122 e. The summed E-state index contributed by atoms with van der Waals surface area (Å²) in [6.07, 6.45) is 0.226. The molecular weight excluding hydrogens is 240 g/mol. The fraction of sp³-hybridized carbons (Fsp3) is 0.250. The van der Waals surface area contributed by atoms with Crippen LogP contribution < -0.4 is 9.47 Å². The molecule has 3 heteroatoms. The van der Waals surface area contributed by atoms with Gasteiger partial charge >= 0.3 is 0 Å². The van der Waals surface area contributed by atoms with Gasteiger partial charge in [-0.25, -0.2) is 0 Å². The fourth-order valence-corrected chi connectivity index (χ4v) is 2.26. The molecule has 1 aliphatic rings. The second-order valence-corrected chi connectivity index (χ2v) is 4.53. The minimum absolute atomic E-state index is 0.0893. The van der Waals surface area contributed by atoms with E-state index in [2.05, 4.69) is 12.1 Å². The Balaban J connectivity index is 1.85. The summed E-state index contributed by atoms with van der Waals surface area (Å²) >= 11 is 0. The Labute approximate surface area is 112 Å². The van der Waals surface area contributed by atoms with E-state index in [4.69, 9.17) is 14.2 Å². The zero-order valence-electron chi connectivity index (χ0n) is 11.0. The Bertz CT molecular complexity index is 543. The second kappa shape index (κ2) is 4.94. The van der Waals surface area contributed by atoms with E-state index >= 15 is 0 Å². The number of methoxy groups -OCH3 is 2. The molecule has 2 aromatic rings. The van der Waals surface area contributed by atoms with Gasteiger partial charge in [-0.2, -0.15) is 0 Å². The molecule has 0 amide bonds. The number of hydrogen-bond donors (Lipinski definition) is 0. The van der Waals surface area contributed by atoms with Crippen molar-refractivity contribution in [3.63, 3.8) is 0 Å². The van der Waals surface area contributed by atoms with Crippen LogP contribution in [0, 0.1) is 0 Å². The van der Waals surface area contributed by atoms with Crippen LogP contribution in [0.4, 0.5) is 0 Å². The van der Waals surface area contributed by atoms with Crippen LogP contribution in [-0.4, -0.2) is 14.2 Å². The van der Waals surface area contributed by atoms with Crippen molar-refractivity contribution in [1.82, 2.24) is 0 Å². The third kappa shape index (κ3) is 2.42. The summed E-state index contributed by atoms with van der Waals surface area (Å²) in [7, 11) is 3.31. The summed E-state index contributed by atoms with van der Waals surface area (Å²) in [6.45, 7) is 0. The van der Waals surface area contributed by atoms with E-state index in [1.807, 2.05) is 36.4 Å². The van der Waals surface area contributed by atoms with Gasteiger partial charge in [-0.3, -0.25) is 0 Å². The quantitative estimate of drug-likeness (QED) is 0.784. The Hall–Kier alpha value is -2.00. The number of ether oxygens (including phenoxy) is 3. The van der Waals surface area contributed by atoms with Gasteiger partial charge in [-0.15, -0.1) is 0 Å². The fourth-order valence-electron chi connectivity index (χ4n) is 2.26. The van der Waals surface area contributed by atoms with E-state index in [1.165, 1.54) is 5.56 Å². The van der Waals surface area contributed by atoms with Gasteiger partial charge < -0.3 is 14.2 Å². The van der Waals surface area contributed by atoms with Crippen LogP contribution in [0.2, 0.25) is 0 Å². The van der Waals surface area contributed by atoms with Gasteiger partial charge in [0.15, 0.2) is 0 Å². The first kappa shape index (κ1) is 12.1. The molecule has 1 fully saturated rings. The van der Waals surface area contributed by atoms with Crippen LogP contribution in [0.25, 0.3) is 0 Å². The maximum Gasteiger partial charge on any atom is 0.122 e. The van der Waals surface area contributed by atoms with Gasteiger partial charge in [0.1, 0.15) is 23.7 Å². The van der Waals surface area contributed by atoms with E-state index in [1.54, 1.807) is 14.2 Å². The van der Waals surface area contributed by atoms with Crippen molar-refractivity contribution in [1.29, 1.82) is 0 Å². The summed E-state index contributed by atoms with van der Waals surface area (Å²) in [4.78, 5) is 0. The summed E-state index contributed by atoms with van der Waals surface area (Å²) in [5.74, 6) is 1.58. The van der Waals surface area contributed by atoms with Crippen molar-refractivity contribution in [3.05, 3.63) is 59.7 Å². The lowest BCUT2D eigenvalue weighted by atomic mass is 10.0. The maximum absolute atomic E-state index is 5.78. The Morgan fingerprint density at radius 1 is 0.789 bits per heavy atom. The van der Waals surface area contributed by atoms with E-state index in [0.717, 1.165) is 17.1 Å². The first-order valence-corrected chi connectivity index (χ1v) is 6.25. The van der Waals surface area contributed by atoms with E-state index in [0.29, 0.717) is 0 Å². The van der Waals surface area contributed by atoms with Crippen molar-refractivity contribution < 1.29 is 14.2 Å². The summed E-state index contributed by atoms with van der Waals surface area (Å²) < 4.78 is 16.3. The van der Waals surface area contributed by atoms with Crippen LogP contribution >= 0.6 is 0 Å². The van der Waals surface area contributed by atoms with Crippen LogP contribution in [0.3, 0.4) is 0 Å². The Morgan fingerprint density at radius 2 is 1.37 bits per heavy atom. The molecule has 3 rings (SSSR count). The molecule has 0 bridgehead atoms. The first-order chi connectivity index (χ1) is 9.31. The molecule has 0 aromatic heterocycles. The molecule has 98 valence electrons. The van der Waals surface area contributed by atoms with E-state index in [9.17, 15) is 0 Å². The van der Waals surface area contributed by atoms with Gasteiger partial charge in [-0.1, -0.05) is 30.3 Å². The average molecular weight is 256 g/mol. The van der Waals surface area contributed by atoms with Gasteiger partial charge in [0.25, 0.3) is 0 Å². The normalized spacial score (nSPS) is 20.9. The molecule has 1 saturated heterocycles. The van der Waals surface area contributed by atoms with Gasteiger partial charge in [0.05, 0.1) is 14.2 Å². The van der Waals surface area contributed by atoms with Crippen LogP contribution in [0.15, 0.2) is 48.5 Å². The molecule has 1 aliphatic heterocycles. The van der Waals surface area contributed by atoms with Crippen molar-refractivity contribution >= 4 is 0 Å². The molecular formula is C16H16O3. The number of benzene rings is 2. The summed E-state index contributed by atoms with van der Waals surface area (Å²) in [5.41, 5.74) is 2.29. The maximum atomic E-state index is 5.78. The predicted octanol–water partition coefficient (Wildman–Crippen LogP) is 3.52. The first-order valence-electron chi connectivity index (χ1n) is 6.25. The lowest BCUT2D eigenvalue weighted by Crippen LogP contribution is -1.91. The van der Waals surface area contributed by atoms with E-state index in [-0.39, 0.29) is 12.2 Å². The van der Waals surface area contributed by atoms with Crippen LogP contribution in [0.1, 0.15) is 23.3 Å². The third-order valence-corrected chi connectivity index (χ3v) is 3.32. The number of rotatable bonds is 4. The van der Waals surface area contributed by atoms with Crippen LogP contribution in [-0.2, 0) is 4.74 Å². The molecule has 0 N–H and O–H groups in total.